The Labute approximate surface area is 214 Å². The molecule has 2 heteroatoms. The van der Waals surface area contributed by atoms with E-state index in [2.05, 4.69) is 140 Å². The van der Waals surface area contributed by atoms with Gasteiger partial charge in [0.05, 0.1) is 0 Å². The van der Waals surface area contributed by atoms with Gasteiger partial charge in [0, 0.05) is 32.9 Å². The van der Waals surface area contributed by atoms with E-state index in [-0.39, 0.29) is 0 Å². The van der Waals surface area contributed by atoms with Gasteiger partial charge in [0.25, 0.3) is 0 Å². The molecule has 0 saturated carbocycles. The predicted octanol–water partition coefficient (Wildman–Crippen LogP) is 10.1. The van der Waals surface area contributed by atoms with E-state index in [1.165, 1.54) is 52.6 Å². The Morgan fingerprint density at radius 3 is 2.17 bits per heavy atom. The van der Waals surface area contributed by atoms with Gasteiger partial charge in [-0.1, -0.05) is 109 Å². The highest BCUT2D eigenvalue weighted by Gasteiger charge is 2.18. The highest BCUT2D eigenvalue weighted by Crippen LogP contribution is 2.46. The van der Waals surface area contributed by atoms with E-state index in [1.807, 2.05) is 23.1 Å². The van der Waals surface area contributed by atoms with Crippen molar-refractivity contribution in [3.8, 4) is 10.4 Å². The second-order valence-electron chi connectivity index (χ2n) is 8.38. The Hall–Kier alpha value is -3.72. The van der Waals surface area contributed by atoms with E-state index >= 15 is 0 Å². The summed E-state index contributed by atoms with van der Waals surface area (Å²) >= 11 is 3.68. The number of hydrogen-bond donors (Lipinski definition) is 0. The molecule has 0 atom stereocenters. The summed E-state index contributed by atoms with van der Waals surface area (Å²) in [5.41, 5.74) is 6.30. The van der Waals surface area contributed by atoms with Crippen LogP contribution in [0.25, 0.3) is 42.5 Å². The molecule has 1 aliphatic heterocycles. The zero-order valence-corrected chi connectivity index (χ0v) is 20.7. The molecule has 35 heavy (non-hydrogen) atoms. The molecular weight excluding hydrogens is 460 g/mol. The molecule has 0 unspecified atom stereocenters. The summed E-state index contributed by atoms with van der Waals surface area (Å²) in [5, 5.41) is 1.29. The highest BCUT2D eigenvalue weighted by molar-refractivity contribution is 8.16. The fraction of sp³-hybridized carbons (Fsp3) is 0. The lowest BCUT2D eigenvalue weighted by Crippen LogP contribution is -1.93. The average Bonchev–Trinajstić information content (AvgIpc) is 2.93. The van der Waals surface area contributed by atoms with Gasteiger partial charge in [0.2, 0.25) is 20.9 Å². The molecule has 1 aromatic heterocycles. The fourth-order valence-corrected chi connectivity index (χ4v) is 6.58. The van der Waals surface area contributed by atoms with Gasteiger partial charge in [0.15, 0.2) is 0 Å². The zero-order valence-electron chi connectivity index (χ0n) is 19.1. The van der Waals surface area contributed by atoms with Gasteiger partial charge in [-0.15, -0.1) is 0 Å². The molecule has 0 bridgehead atoms. The van der Waals surface area contributed by atoms with Crippen LogP contribution in [0.1, 0.15) is 22.3 Å². The Balaban J connectivity index is 1.40. The highest BCUT2D eigenvalue weighted by atomic mass is 32.2. The molecule has 166 valence electrons. The zero-order chi connectivity index (χ0) is 23.5. The molecule has 0 nitrogen and oxygen atoms in total. The SMILES string of the molecule is C1=C(c2ccccc2)S/C(=C\C=C\c2cc(-c3ccccc3)[s+]c3ccccc23)c2ccccc21. The summed E-state index contributed by atoms with van der Waals surface area (Å²) < 4.78 is 1.30. The molecule has 5 aromatic rings. The van der Waals surface area contributed by atoms with E-state index in [4.69, 9.17) is 0 Å². The molecule has 0 saturated heterocycles. The van der Waals surface area contributed by atoms with Crippen LogP contribution in [0.3, 0.4) is 0 Å². The second-order valence-corrected chi connectivity index (χ2v) is 10.5. The summed E-state index contributed by atoms with van der Waals surface area (Å²) in [5.74, 6) is 0. The minimum Gasteiger partial charge on any atom is -0.0888 e. The summed E-state index contributed by atoms with van der Waals surface area (Å²) in [7, 11) is 0. The predicted molar refractivity (Wildman–Crippen MR) is 157 cm³/mol. The lowest BCUT2D eigenvalue weighted by molar-refractivity contribution is 1.59. The Morgan fingerprint density at radius 1 is 0.657 bits per heavy atom. The van der Waals surface area contributed by atoms with Gasteiger partial charge >= 0.3 is 0 Å². The van der Waals surface area contributed by atoms with Crippen molar-refractivity contribution >= 4 is 55.1 Å². The maximum atomic E-state index is 2.31. The van der Waals surface area contributed by atoms with Gasteiger partial charge in [-0.05, 0) is 52.6 Å². The van der Waals surface area contributed by atoms with Crippen LogP contribution in [0, 0.1) is 0 Å². The largest absolute Gasteiger partial charge is 0.239 e. The van der Waals surface area contributed by atoms with Crippen molar-refractivity contribution < 1.29 is 0 Å². The lowest BCUT2D eigenvalue weighted by Gasteiger charge is -2.19. The quantitative estimate of drug-likeness (QED) is 0.229. The molecule has 0 fully saturated rings. The maximum Gasteiger partial charge on any atom is 0.239 e. The molecular formula is C33H23S2+. The van der Waals surface area contributed by atoms with Crippen molar-refractivity contribution in [2.45, 2.75) is 0 Å². The number of benzene rings is 4. The first-order chi connectivity index (χ1) is 17.3. The van der Waals surface area contributed by atoms with Crippen LogP contribution in [0.4, 0.5) is 0 Å². The van der Waals surface area contributed by atoms with E-state index in [0.717, 1.165) is 0 Å². The summed E-state index contributed by atoms with van der Waals surface area (Å²) in [6, 6.07) is 40.9. The van der Waals surface area contributed by atoms with Gasteiger partial charge < -0.3 is 0 Å². The molecule has 0 N–H and O–H groups in total. The van der Waals surface area contributed by atoms with Crippen LogP contribution in [-0.2, 0) is 0 Å². The third-order valence-electron chi connectivity index (χ3n) is 6.08. The van der Waals surface area contributed by atoms with Gasteiger partial charge in [-0.25, -0.2) is 0 Å². The van der Waals surface area contributed by atoms with Crippen LogP contribution in [0.2, 0.25) is 0 Å². The van der Waals surface area contributed by atoms with E-state index < -0.39 is 0 Å². The average molecular weight is 484 g/mol. The van der Waals surface area contributed by atoms with Crippen LogP contribution in [0.5, 0.6) is 0 Å². The summed E-state index contributed by atoms with van der Waals surface area (Å²) in [4.78, 5) is 3.83. The van der Waals surface area contributed by atoms with Crippen LogP contribution in [0.15, 0.2) is 127 Å². The van der Waals surface area contributed by atoms with Crippen molar-refractivity contribution in [2.75, 3.05) is 0 Å². The van der Waals surface area contributed by atoms with Crippen molar-refractivity contribution in [3.05, 3.63) is 150 Å². The van der Waals surface area contributed by atoms with Crippen molar-refractivity contribution in [1.82, 2.24) is 0 Å². The third kappa shape index (κ3) is 4.64. The van der Waals surface area contributed by atoms with Gasteiger partial charge in [-0.3, -0.25) is 0 Å². The third-order valence-corrected chi connectivity index (χ3v) is 8.38. The molecule has 0 radical (unpaired) electrons. The maximum absolute atomic E-state index is 2.31. The first-order valence-electron chi connectivity index (χ1n) is 11.7. The Kier molecular flexibility index (Phi) is 6.15. The molecule has 2 heterocycles. The number of fused-ring (bicyclic) bond motifs is 2. The second kappa shape index (κ2) is 9.87. The van der Waals surface area contributed by atoms with Crippen molar-refractivity contribution in [1.29, 1.82) is 0 Å². The monoisotopic (exact) mass is 483 g/mol. The first kappa shape index (κ1) is 21.8. The normalized spacial score (nSPS) is 14.3. The number of allylic oxidation sites excluding steroid dienone is 2. The van der Waals surface area contributed by atoms with E-state index in [9.17, 15) is 0 Å². The smallest absolute Gasteiger partial charge is 0.0888 e. The fourth-order valence-electron chi connectivity index (χ4n) is 4.34. The van der Waals surface area contributed by atoms with Gasteiger partial charge in [0.1, 0.15) is 0 Å². The summed E-state index contributed by atoms with van der Waals surface area (Å²) in [6.45, 7) is 0. The van der Waals surface area contributed by atoms with E-state index in [1.54, 1.807) is 0 Å². The van der Waals surface area contributed by atoms with Crippen LogP contribution < -0.4 is 0 Å². The molecule has 4 aromatic carbocycles. The molecule has 1 aliphatic rings. The Bertz CT molecular complexity index is 1590. The summed E-state index contributed by atoms with van der Waals surface area (Å²) in [6.07, 6.45) is 9.01. The molecule has 0 aliphatic carbocycles. The standard InChI is InChI=1S/C33H23S2/c1-3-12-24(13-4-1)32-22-26-16-7-8-18-28(26)31(35-32)21-11-17-27-23-33(25-14-5-2-6-15-25)34-30-20-10-9-19-29(27)30/h1-23H/q+1. The van der Waals surface area contributed by atoms with Crippen molar-refractivity contribution in [3.63, 3.8) is 0 Å². The lowest BCUT2D eigenvalue weighted by atomic mass is 10.0. The topological polar surface area (TPSA) is 0 Å². The minimum atomic E-state index is 1.24. The minimum absolute atomic E-state index is 1.24. The van der Waals surface area contributed by atoms with Crippen LogP contribution in [-0.4, -0.2) is 0 Å². The molecule has 0 amide bonds. The Morgan fingerprint density at radius 2 is 1.34 bits per heavy atom. The van der Waals surface area contributed by atoms with Crippen LogP contribution >= 0.6 is 23.1 Å². The number of thioether (sulfide) groups is 1. The molecule has 6 rings (SSSR count). The van der Waals surface area contributed by atoms with Gasteiger partial charge in [-0.2, -0.15) is 0 Å². The van der Waals surface area contributed by atoms with E-state index in [0.29, 0.717) is 0 Å². The number of hydrogen-bond acceptors (Lipinski definition) is 1. The first-order valence-corrected chi connectivity index (χ1v) is 13.3. The van der Waals surface area contributed by atoms with Crippen molar-refractivity contribution in [2.24, 2.45) is 0 Å². The number of rotatable bonds is 4. The molecule has 0 spiro atoms.